The Morgan fingerprint density at radius 2 is 1.06 bits per heavy atom. The van der Waals surface area contributed by atoms with Gasteiger partial charge in [-0.1, -0.05) is 0 Å². The molecule has 5 atom stereocenters. The van der Waals surface area contributed by atoms with E-state index < -0.39 is 14.4 Å². The molecule has 242 valence electrons. The minimum atomic E-state index is -4.56. The molecule has 1 spiro atoms. The summed E-state index contributed by atoms with van der Waals surface area (Å²) in [6.45, 7) is 11.1. The maximum atomic E-state index is 5.17. The molecule has 0 N–H and O–H groups in total. The predicted molar refractivity (Wildman–Crippen MR) is 195 cm³/mol. The van der Waals surface area contributed by atoms with E-state index in [0.717, 1.165) is 28.9 Å². The van der Waals surface area contributed by atoms with Crippen LogP contribution in [0.4, 0.5) is 0 Å². The average molecular weight is 697 g/mol. The minimum absolute atomic E-state index is 0.217. The summed E-state index contributed by atoms with van der Waals surface area (Å²) in [5, 5.41) is 0.668. The number of pyridine rings is 2. The Hall–Kier alpha value is -1.88. The first kappa shape index (κ1) is 26.0. The molecule has 4 aromatic rings. The second kappa shape index (κ2) is 4.36. The van der Waals surface area contributed by atoms with Gasteiger partial charge < -0.3 is 0 Å². The zero-order valence-corrected chi connectivity index (χ0v) is 31.3. The van der Waals surface area contributed by atoms with Gasteiger partial charge in [-0.2, -0.15) is 0 Å². The number of fused-ring (bicyclic) bond motifs is 10. The molecule has 10 aliphatic heterocycles. The van der Waals surface area contributed by atoms with Crippen LogP contribution in [0, 0.1) is 0 Å². The third kappa shape index (κ3) is 0.731. The van der Waals surface area contributed by atoms with Crippen LogP contribution in [0.2, 0.25) is 37.5 Å². The number of nitrogens with zero attached hydrogens (tertiary/aromatic N) is 2. The summed E-state index contributed by atoms with van der Waals surface area (Å²) in [6.07, 6.45) is 7.02. The van der Waals surface area contributed by atoms with Gasteiger partial charge in [-0.05, 0) is 0 Å². The van der Waals surface area contributed by atoms with Crippen LogP contribution in [0.25, 0.3) is 0 Å². The first-order valence-electron chi connectivity index (χ1n) is 18.0. The summed E-state index contributed by atoms with van der Waals surface area (Å²) in [7, 11) is -0.849. The topological polar surface area (TPSA) is 25.8 Å². The van der Waals surface area contributed by atoms with Gasteiger partial charge >= 0.3 is 274 Å². The molecule has 0 amide bonds. The van der Waals surface area contributed by atoms with Crippen molar-refractivity contribution in [3.05, 3.63) is 121 Å². The quantitative estimate of drug-likeness (QED) is 0.135. The van der Waals surface area contributed by atoms with E-state index in [-0.39, 0.29) is 7.92 Å². The van der Waals surface area contributed by atoms with Crippen molar-refractivity contribution in [1.82, 2.24) is 9.97 Å². The first-order chi connectivity index (χ1) is 22.3. The van der Waals surface area contributed by atoms with E-state index in [4.69, 9.17) is 9.97 Å². The van der Waals surface area contributed by atoms with Crippen molar-refractivity contribution in [3.63, 3.8) is 0 Å². The van der Waals surface area contributed by atoms with Crippen molar-refractivity contribution < 1.29 is 6.51 Å². The van der Waals surface area contributed by atoms with E-state index >= 15 is 0 Å². The standard InChI is InChI=1S/C37H41N2P2.C5H5.Fe/c1-36(2,3)41(37(4,5)6)27-32-30(26-40(33-21-13-15-23-38-33)34-22-14-16-24-39-34)25-31(28-17-9-7-10-18-28)35(32)29-19-11-8-12-20-29;1-2-4-5-3-1;/h7-25H,26-27H2,1-6H3;1-5H;. The Morgan fingerprint density at radius 3 is 1.49 bits per heavy atom. The first-order valence-corrected chi connectivity index (χ1v) is 27.1. The molecule has 0 bridgehead atoms. The molecule has 2 aromatic carbocycles. The van der Waals surface area contributed by atoms with Crippen molar-refractivity contribution in [2.45, 2.75) is 98.0 Å². The molecule has 0 saturated carbocycles. The van der Waals surface area contributed by atoms with E-state index in [1.54, 1.807) is 5.56 Å². The van der Waals surface area contributed by atoms with E-state index in [1.165, 1.54) is 23.2 Å². The Balaban J connectivity index is 1.12. The SMILES string of the molecule is CC(C)(C)P(C[C]12[C]3(CP(c4ccccn4)c4ccccn4)[CH]4[C]5(c6ccccc6)[C]1(c1ccccc1)[Fe]43521678[CH]2[CH]1[CH]6[CH]7[CH]28)C(C)(C)C. The number of hydrogen-bond donors (Lipinski definition) is 0. The van der Waals surface area contributed by atoms with E-state index in [0.29, 0.717) is 27.6 Å². The van der Waals surface area contributed by atoms with Gasteiger partial charge in [-0.25, -0.2) is 0 Å². The van der Waals surface area contributed by atoms with Gasteiger partial charge in [-0.3, -0.25) is 0 Å². The van der Waals surface area contributed by atoms with Gasteiger partial charge in [0.1, 0.15) is 0 Å². The van der Waals surface area contributed by atoms with Crippen molar-refractivity contribution in [3.8, 4) is 0 Å². The van der Waals surface area contributed by atoms with Crippen molar-refractivity contribution in [1.29, 1.82) is 0 Å². The molecule has 2 nitrogen and oxygen atoms in total. The van der Waals surface area contributed by atoms with Crippen LogP contribution in [0.3, 0.4) is 0 Å². The van der Waals surface area contributed by atoms with Gasteiger partial charge in [0, 0.05) is 0 Å². The van der Waals surface area contributed by atoms with Crippen LogP contribution < -0.4 is 10.9 Å². The van der Waals surface area contributed by atoms with E-state index in [2.05, 4.69) is 151 Å². The maximum absolute atomic E-state index is 5.17. The molecule has 2 aromatic heterocycles. The second-order valence-electron chi connectivity index (χ2n) is 20.8. The zero-order valence-electron chi connectivity index (χ0n) is 28.4. The molecule has 10 fully saturated rings. The number of hydrogen-bond acceptors (Lipinski definition) is 2. The van der Waals surface area contributed by atoms with Crippen LogP contribution >= 0.6 is 15.8 Å². The molecule has 14 rings (SSSR count). The molecular weight excluding hydrogens is 650 g/mol. The Kier molecular flexibility index (Phi) is 2.41. The van der Waals surface area contributed by atoms with Gasteiger partial charge in [-0.15, -0.1) is 0 Å². The predicted octanol–water partition coefficient (Wildman–Crippen LogP) is 10.3. The molecular formula is C42H46FeN2P2. The Labute approximate surface area is 272 Å². The fourth-order valence-corrected chi connectivity index (χ4v) is 119. The zero-order chi connectivity index (χ0) is 31.8. The van der Waals surface area contributed by atoms with Gasteiger partial charge in [0.2, 0.25) is 0 Å². The number of aromatic nitrogens is 2. The van der Waals surface area contributed by atoms with Gasteiger partial charge in [0.15, 0.2) is 0 Å². The Bertz CT molecular complexity index is 2440. The van der Waals surface area contributed by atoms with E-state index in [9.17, 15) is 0 Å². The number of benzene rings is 2. The van der Waals surface area contributed by atoms with Crippen LogP contribution in [0.1, 0.15) is 52.7 Å². The van der Waals surface area contributed by atoms with E-state index in [1.807, 2.05) is 5.56 Å². The molecule has 10 saturated heterocycles. The third-order valence-electron chi connectivity index (χ3n) is 22.4. The van der Waals surface area contributed by atoms with Crippen LogP contribution in [-0.4, -0.2) is 32.6 Å². The summed E-state index contributed by atoms with van der Waals surface area (Å²) < 4.78 is 2.14. The molecule has 12 heterocycles. The fraction of sp³-hybridized carbons (Fsp3) is 0.476. The molecule has 0 radical (unpaired) electrons. The summed E-state index contributed by atoms with van der Waals surface area (Å²) in [5.74, 6) is 0. The normalized spacial score (nSPS) is 56.2. The van der Waals surface area contributed by atoms with Crippen LogP contribution in [0.5, 0.6) is 0 Å². The summed E-state index contributed by atoms with van der Waals surface area (Å²) in [4.78, 5) is 17.0. The van der Waals surface area contributed by atoms with Gasteiger partial charge in [0.25, 0.3) is 0 Å². The van der Waals surface area contributed by atoms with Gasteiger partial charge in [0.05, 0.1) is 0 Å². The molecule has 5 unspecified atom stereocenters. The Morgan fingerprint density at radius 1 is 0.596 bits per heavy atom. The van der Waals surface area contributed by atoms with Crippen molar-refractivity contribution in [2.24, 2.45) is 0 Å². The summed E-state index contributed by atoms with van der Waals surface area (Å²) in [5.41, 5.74) is 6.27. The number of rotatable bonds is 8. The molecule has 47 heavy (non-hydrogen) atoms. The third-order valence-corrected chi connectivity index (χ3v) is 74.3. The molecule has 5 heteroatoms. The van der Waals surface area contributed by atoms with Crippen LogP contribution in [0.15, 0.2) is 109 Å². The molecule has 0 aliphatic carbocycles. The second-order valence-corrected chi connectivity index (χ2v) is 49.5. The summed E-state index contributed by atoms with van der Waals surface area (Å²) in [6, 6.07) is 38.3. The van der Waals surface area contributed by atoms with Crippen molar-refractivity contribution >= 4 is 26.7 Å². The van der Waals surface area contributed by atoms with Crippen molar-refractivity contribution in [2.75, 3.05) is 12.3 Å². The summed E-state index contributed by atoms with van der Waals surface area (Å²) >= 11 is 0. The monoisotopic (exact) mass is 696 g/mol. The molecule has 10 aliphatic rings. The van der Waals surface area contributed by atoms with Crippen LogP contribution in [-0.2, 0) is 15.1 Å². The fourth-order valence-electron chi connectivity index (χ4n) is 25.4. The average Bonchev–Trinajstić information content (AvgIpc) is 4.02.